The summed E-state index contributed by atoms with van der Waals surface area (Å²) in [5.41, 5.74) is 0. The van der Waals surface area contributed by atoms with Gasteiger partial charge >= 0.3 is 5.97 Å². The molecule has 1 fully saturated rings. The minimum absolute atomic E-state index is 0.00307. The quantitative estimate of drug-likeness (QED) is 0.535. The third-order valence-corrected chi connectivity index (χ3v) is 3.43. The van der Waals surface area contributed by atoms with E-state index in [2.05, 4.69) is 12.2 Å². The van der Waals surface area contributed by atoms with Gasteiger partial charge in [-0.3, -0.25) is 4.79 Å². The number of ether oxygens (including phenoxy) is 1. The van der Waals surface area contributed by atoms with Crippen LogP contribution in [0.1, 0.15) is 58.8 Å². The van der Waals surface area contributed by atoms with E-state index >= 15 is 0 Å². The summed E-state index contributed by atoms with van der Waals surface area (Å²) in [5.74, 6) is -0.208. The van der Waals surface area contributed by atoms with E-state index in [0.29, 0.717) is 6.61 Å². The van der Waals surface area contributed by atoms with E-state index in [9.17, 15) is 9.59 Å². The molecule has 0 spiro atoms. The Hall–Kier alpha value is -1.06. The first kappa shape index (κ1) is 15.0. The molecule has 0 aromatic heterocycles. The highest BCUT2D eigenvalue weighted by atomic mass is 16.5. The average Bonchev–Trinajstić information content (AvgIpc) is 2.25. The molecule has 0 unspecified atom stereocenters. The van der Waals surface area contributed by atoms with Crippen LogP contribution in [0.25, 0.3) is 0 Å². The first-order chi connectivity index (χ1) is 8.65. The predicted octanol–water partition coefficient (Wildman–Crippen LogP) is 2.41. The highest BCUT2D eigenvalue weighted by molar-refractivity contribution is 5.85. The Morgan fingerprint density at radius 1 is 1.28 bits per heavy atom. The van der Waals surface area contributed by atoms with Gasteiger partial charge in [0.15, 0.2) is 0 Å². The molecule has 0 aliphatic heterocycles. The van der Waals surface area contributed by atoms with Gasteiger partial charge in [0.25, 0.3) is 0 Å². The van der Waals surface area contributed by atoms with Crippen molar-refractivity contribution in [2.75, 3.05) is 6.61 Å². The number of hydrogen-bond acceptors (Lipinski definition) is 3. The molecule has 1 atom stereocenters. The number of carbonyl (C=O) groups is 2. The number of unbranched alkanes of at least 4 members (excludes halogenated alkanes) is 3. The highest BCUT2D eigenvalue weighted by Gasteiger charge is 2.27. The van der Waals surface area contributed by atoms with Crippen LogP contribution in [-0.4, -0.2) is 24.5 Å². The molecule has 1 amide bonds. The topological polar surface area (TPSA) is 55.4 Å². The van der Waals surface area contributed by atoms with Gasteiger partial charge in [0.05, 0.1) is 6.61 Å². The number of nitrogens with one attached hydrogen (secondary N) is 1. The van der Waals surface area contributed by atoms with Crippen molar-refractivity contribution in [1.29, 1.82) is 0 Å². The fourth-order valence-corrected chi connectivity index (χ4v) is 1.89. The SMILES string of the molecule is CCCCCCOC(=O)[C@H](C)NC(=O)C1CCC1. The zero-order valence-electron chi connectivity index (χ0n) is 11.5. The van der Waals surface area contributed by atoms with Crippen molar-refractivity contribution in [3.63, 3.8) is 0 Å². The molecule has 1 aliphatic rings. The van der Waals surface area contributed by atoms with Crippen molar-refractivity contribution < 1.29 is 14.3 Å². The summed E-state index contributed by atoms with van der Waals surface area (Å²) in [7, 11) is 0. The van der Waals surface area contributed by atoms with Crippen LogP contribution in [0.15, 0.2) is 0 Å². The summed E-state index contributed by atoms with van der Waals surface area (Å²) in [4.78, 5) is 23.2. The highest BCUT2D eigenvalue weighted by Crippen LogP contribution is 2.26. The van der Waals surface area contributed by atoms with E-state index in [1.165, 1.54) is 12.8 Å². The molecular weight excluding hydrogens is 230 g/mol. The van der Waals surface area contributed by atoms with Crippen LogP contribution in [0.5, 0.6) is 0 Å². The Morgan fingerprint density at radius 2 is 2.00 bits per heavy atom. The summed E-state index contributed by atoms with van der Waals surface area (Å²) >= 11 is 0. The lowest BCUT2D eigenvalue weighted by Crippen LogP contribution is -2.44. The molecule has 4 nitrogen and oxygen atoms in total. The molecule has 0 radical (unpaired) electrons. The van der Waals surface area contributed by atoms with Crippen molar-refractivity contribution in [3.05, 3.63) is 0 Å². The minimum Gasteiger partial charge on any atom is -0.464 e. The molecule has 1 rings (SSSR count). The number of esters is 1. The molecular formula is C14H25NO3. The van der Waals surface area contributed by atoms with Crippen LogP contribution in [0.2, 0.25) is 0 Å². The van der Waals surface area contributed by atoms with E-state index in [-0.39, 0.29) is 17.8 Å². The maximum atomic E-state index is 11.6. The van der Waals surface area contributed by atoms with Crippen LogP contribution in [0, 0.1) is 5.92 Å². The van der Waals surface area contributed by atoms with Crippen molar-refractivity contribution in [2.45, 2.75) is 64.8 Å². The summed E-state index contributed by atoms with van der Waals surface area (Å²) in [6.45, 7) is 4.29. The van der Waals surface area contributed by atoms with Crippen molar-refractivity contribution >= 4 is 11.9 Å². The van der Waals surface area contributed by atoms with Crippen molar-refractivity contribution in [2.24, 2.45) is 5.92 Å². The lowest BCUT2D eigenvalue weighted by molar-refractivity contribution is -0.148. The largest absolute Gasteiger partial charge is 0.464 e. The summed E-state index contributed by atoms with van der Waals surface area (Å²) < 4.78 is 5.13. The number of carbonyl (C=O) groups excluding carboxylic acids is 2. The van der Waals surface area contributed by atoms with Gasteiger partial charge in [0.2, 0.25) is 5.91 Å². The van der Waals surface area contributed by atoms with Crippen LogP contribution < -0.4 is 5.32 Å². The van der Waals surface area contributed by atoms with Crippen LogP contribution in [0.4, 0.5) is 0 Å². The fourth-order valence-electron chi connectivity index (χ4n) is 1.89. The fraction of sp³-hybridized carbons (Fsp3) is 0.857. The molecule has 0 aromatic rings. The first-order valence-corrected chi connectivity index (χ1v) is 7.12. The van der Waals surface area contributed by atoms with E-state index in [4.69, 9.17) is 4.74 Å². The van der Waals surface area contributed by atoms with E-state index in [1.54, 1.807) is 6.92 Å². The molecule has 1 aliphatic carbocycles. The normalized spacial score (nSPS) is 16.8. The maximum Gasteiger partial charge on any atom is 0.328 e. The van der Waals surface area contributed by atoms with E-state index in [0.717, 1.165) is 32.1 Å². The molecule has 18 heavy (non-hydrogen) atoms. The van der Waals surface area contributed by atoms with Gasteiger partial charge in [-0.05, 0) is 26.2 Å². The van der Waals surface area contributed by atoms with E-state index in [1.807, 2.05) is 0 Å². The molecule has 4 heteroatoms. The Labute approximate surface area is 109 Å². The second kappa shape index (κ2) is 8.11. The van der Waals surface area contributed by atoms with Gasteiger partial charge in [-0.1, -0.05) is 32.6 Å². The lowest BCUT2D eigenvalue weighted by Gasteiger charge is -2.25. The second-order valence-electron chi connectivity index (χ2n) is 5.09. The van der Waals surface area contributed by atoms with Gasteiger partial charge in [0, 0.05) is 5.92 Å². The van der Waals surface area contributed by atoms with Crippen molar-refractivity contribution in [1.82, 2.24) is 5.32 Å². The molecule has 1 N–H and O–H groups in total. The van der Waals surface area contributed by atoms with Crippen molar-refractivity contribution in [3.8, 4) is 0 Å². The van der Waals surface area contributed by atoms with Gasteiger partial charge in [-0.15, -0.1) is 0 Å². The third-order valence-electron chi connectivity index (χ3n) is 3.43. The van der Waals surface area contributed by atoms with Crippen LogP contribution >= 0.6 is 0 Å². The Bertz CT molecular complexity index is 274. The van der Waals surface area contributed by atoms with Crippen LogP contribution in [0.3, 0.4) is 0 Å². The summed E-state index contributed by atoms with van der Waals surface area (Å²) in [5, 5.41) is 2.72. The number of amides is 1. The molecule has 1 saturated carbocycles. The molecule has 0 aromatic carbocycles. The zero-order chi connectivity index (χ0) is 13.4. The Kier molecular flexibility index (Phi) is 6.76. The summed E-state index contributed by atoms with van der Waals surface area (Å²) in [6, 6.07) is -0.524. The third kappa shape index (κ3) is 5.07. The van der Waals surface area contributed by atoms with Gasteiger partial charge in [-0.2, -0.15) is 0 Å². The maximum absolute atomic E-state index is 11.6. The number of rotatable bonds is 8. The van der Waals surface area contributed by atoms with Crippen LogP contribution in [-0.2, 0) is 14.3 Å². The molecule has 0 heterocycles. The Morgan fingerprint density at radius 3 is 2.56 bits per heavy atom. The second-order valence-corrected chi connectivity index (χ2v) is 5.09. The van der Waals surface area contributed by atoms with Gasteiger partial charge in [0.1, 0.15) is 6.04 Å². The number of hydrogen-bond donors (Lipinski definition) is 1. The monoisotopic (exact) mass is 255 g/mol. The lowest BCUT2D eigenvalue weighted by atomic mass is 9.84. The smallest absolute Gasteiger partial charge is 0.328 e. The predicted molar refractivity (Wildman–Crippen MR) is 70.0 cm³/mol. The zero-order valence-corrected chi connectivity index (χ0v) is 11.5. The van der Waals surface area contributed by atoms with Gasteiger partial charge in [-0.25, -0.2) is 4.79 Å². The molecule has 0 saturated heterocycles. The Balaban J connectivity index is 2.10. The minimum atomic E-state index is -0.524. The average molecular weight is 255 g/mol. The molecule has 104 valence electrons. The molecule has 0 bridgehead atoms. The van der Waals surface area contributed by atoms with E-state index < -0.39 is 6.04 Å². The van der Waals surface area contributed by atoms with Gasteiger partial charge < -0.3 is 10.1 Å². The standard InChI is InChI=1S/C14H25NO3/c1-3-4-5-6-10-18-14(17)11(2)15-13(16)12-8-7-9-12/h11-12H,3-10H2,1-2H3,(H,15,16)/t11-/m0/s1. The first-order valence-electron chi connectivity index (χ1n) is 7.12. The summed E-state index contributed by atoms with van der Waals surface area (Å²) in [6.07, 6.45) is 7.35.